The third-order valence-corrected chi connectivity index (χ3v) is 8.81. The number of nitrogens with one attached hydrogen (secondary N) is 2. The fourth-order valence-corrected chi connectivity index (χ4v) is 6.77. The highest BCUT2D eigenvalue weighted by molar-refractivity contribution is 6.23. The van der Waals surface area contributed by atoms with E-state index < -0.39 is 70.2 Å². The van der Waals surface area contributed by atoms with E-state index in [0.717, 1.165) is 10.8 Å². The van der Waals surface area contributed by atoms with Gasteiger partial charge in [0.05, 0.1) is 16.9 Å². The number of phenols is 1. The SMILES string of the molecule is CN(C)c1cc(NC(=O)Nc2cccc3ccccc23)c(O)c2c1CC1CC3CC(=O)C(C(N)=O)=C(O)C3(O)C(=O)C1=C2O. The molecule has 3 unspecified atom stereocenters. The number of hydrogen-bond donors (Lipinski definition) is 7. The topological polar surface area (TPSA) is 203 Å². The van der Waals surface area contributed by atoms with Gasteiger partial charge in [0.15, 0.2) is 17.1 Å². The smallest absolute Gasteiger partial charge is 0.323 e. The summed E-state index contributed by atoms with van der Waals surface area (Å²) >= 11 is 0. The standard InChI is InChI=1S/C32H30N4O8/c1-36(2)21-13-20(35-31(43)34-19-9-5-7-14-6-3-4-8-17(14)19)26(38)24-18(21)11-15-10-16-12-22(37)25(30(33)42)29(41)32(16,44)28(40)23(15)27(24)39/h3-9,13,15-16,38-39,41,44H,10-12H2,1-2H3,(H2,33,42)(H2,34,35,43). The normalized spacial score (nSPS) is 22.7. The van der Waals surface area contributed by atoms with Crippen molar-refractivity contribution in [1.82, 2.24) is 0 Å². The Kier molecular flexibility index (Phi) is 6.62. The van der Waals surface area contributed by atoms with Crippen LogP contribution in [0.4, 0.5) is 21.9 Å². The summed E-state index contributed by atoms with van der Waals surface area (Å²) in [6.45, 7) is 0. The Hall–Kier alpha value is -5.36. The van der Waals surface area contributed by atoms with Crippen LogP contribution in [0.1, 0.15) is 24.0 Å². The van der Waals surface area contributed by atoms with Crippen LogP contribution in [0.2, 0.25) is 0 Å². The molecule has 3 aliphatic rings. The summed E-state index contributed by atoms with van der Waals surface area (Å²) in [5, 5.41) is 52.3. The fourth-order valence-electron chi connectivity index (χ4n) is 6.77. The number of carbonyl (C=O) groups is 4. The number of hydrogen-bond acceptors (Lipinski definition) is 9. The summed E-state index contributed by atoms with van der Waals surface area (Å²) in [5.74, 6) is -7.20. The molecular weight excluding hydrogens is 568 g/mol. The van der Waals surface area contributed by atoms with Crippen LogP contribution in [0, 0.1) is 11.8 Å². The van der Waals surface area contributed by atoms with Crippen molar-refractivity contribution in [3.05, 3.63) is 76.6 Å². The van der Waals surface area contributed by atoms with Crippen LogP contribution in [0.3, 0.4) is 0 Å². The minimum absolute atomic E-state index is 0.0178. The number of carbonyl (C=O) groups excluding carboxylic acids is 4. The molecule has 3 aromatic carbocycles. The molecule has 6 rings (SSSR count). The second kappa shape index (κ2) is 10.1. The summed E-state index contributed by atoms with van der Waals surface area (Å²) in [4.78, 5) is 53.1. The van der Waals surface area contributed by atoms with E-state index in [1.165, 1.54) is 0 Å². The Balaban J connectivity index is 1.42. The van der Waals surface area contributed by atoms with Gasteiger partial charge in [-0.05, 0) is 41.8 Å². The molecule has 12 nitrogen and oxygen atoms in total. The quantitative estimate of drug-likeness (QED) is 0.174. The van der Waals surface area contributed by atoms with Gasteiger partial charge in [0.2, 0.25) is 5.78 Å². The lowest BCUT2D eigenvalue weighted by molar-refractivity contribution is -0.147. The second-order valence-electron chi connectivity index (χ2n) is 11.6. The Morgan fingerprint density at radius 1 is 0.977 bits per heavy atom. The fraction of sp³-hybridized carbons (Fsp3) is 0.250. The maximum Gasteiger partial charge on any atom is 0.323 e. The largest absolute Gasteiger partial charge is 0.508 e. The van der Waals surface area contributed by atoms with E-state index in [2.05, 4.69) is 10.6 Å². The molecule has 44 heavy (non-hydrogen) atoms. The number of aliphatic hydroxyl groups is 3. The molecule has 0 aromatic heterocycles. The first-order chi connectivity index (χ1) is 20.8. The third kappa shape index (κ3) is 4.17. The third-order valence-electron chi connectivity index (χ3n) is 8.81. The lowest BCUT2D eigenvalue weighted by atomic mass is 9.59. The van der Waals surface area contributed by atoms with Gasteiger partial charge in [0, 0.05) is 43.1 Å². The van der Waals surface area contributed by atoms with E-state index in [0.29, 0.717) is 16.9 Å². The predicted octanol–water partition coefficient (Wildman–Crippen LogP) is 3.29. The van der Waals surface area contributed by atoms with E-state index in [-0.39, 0.29) is 29.7 Å². The Morgan fingerprint density at radius 3 is 2.36 bits per heavy atom. The van der Waals surface area contributed by atoms with Gasteiger partial charge >= 0.3 is 6.03 Å². The van der Waals surface area contributed by atoms with Gasteiger partial charge in [-0.3, -0.25) is 14.4 Å². The number of fused-ring (bicyclic) bond motifs is 4. The van der Waals surface area contributed by atoms with Crippen molar-refractivity contribution < 1.29 is 39.6 Å². The van der Waals surface area contributed by atoms with Crippen LogP contribution in [0.25, 0.3) is 16.5 Å². The highest BCUT2D eigenvalue weighted by atomic mass is 16.3. The van der Waals surface area contributed by atoms with Crippen LogP contribution in [0.15, 0.2) is 65.4 Å². The first-order valence-corrected chi connectivity index (χ1v) is 13.9. The molecule has 0 saturated heterocycles. The molecule has 8 N–H and O–H groups in total. The van der Waals surface area contributed by atoms with Crippen molar-refractivity contribution in [2.75, 3.05) is 29.6 Å². The van der Waals surface area contributed by atoms with Gasteiger partial charge in [0.25, 0.3) is 5.91 Å². The number of nitrogens with two attached hydrogens (primary N) is 1. The minimum Gasteiger partial charge on any atom is -0.508 e. The van der Waals surface area contributed by atoms with E-state index >= 15 is 0 Å². The van der Waals surface area contributed by atoms with Crippen molar-refractivity contribution in [3.63, 3.8) is 0 Å². The molecule has 226 valence electrons. The first kappa shape index (κ1) is 28.7. The van der Waals surface area contributed by atoms with Gasteiger partial charge in [0.1, 0.15) is 17.1 Å². The molecule has 0 spiro atoms. The van der Waals surface area contributed by atoms with Gasteiger partial charge < -0.3 is 41.7 Å². The van der Waals surface area contributed by atoms with Gasteiger partial charge in [-0.2, -0.15) is 0 Å². The van der Waals surface area contributed by atoms with Crippen molar-refractivity contribution in [1.29, 1.82) is 0 Å². The number of benzene rings is 3. The summed E-state index contributed by atoms with van der Waals surface area (Å²) in [6.07, 6.45) is -0.246. The van der Waals surface area contributed by atoms with Crippen LogP contribution >= 0.6 is 0 Å². The molecule has 1 saturated carbocycles. The summed E-state index contributed by atoms with van der Waals surface area (Å²) in [7, 11) is 3.48. The van der Waals surface area contributed by atoms with E-state index in [9.17, 15) is 39.6 Å². The maximum absolute atomic E-state index is 13.8. The average Bonchev–Trinajstić information content (AvgIpc) is 2.96. The number of aliphatic hydroxyl groups excluding tert-OH is 2. The minimum atomic E-state index is -2.66. The number of ketones is 2. The summed E-state index contributed by atoms with van der Waals surface area (Å²) in [6, 6.07) is 13.8. The van der Waals surface area contributed by atoms with Crippen molar-refractivity contribution in [3.8, 4) is 5.75 Å². The molecule has 0 bridgehead atoms. The van der Waals surface area contributed by atoms with Crippen molar-refractivity contribution in [2.45, 2.75) is 24.9 Å². The number of nitrogens with zero attached hydrogens (tertiary/aromatic N) is 1. The maximum atomic E-state index is 13.8. The van der Waals surface area contributed by atoms with Crippen LogP contribution < -0.4 is 21.3 Å². The van der Waals surface area contributed by atoms with Crippen molar-refractivity contribution >= 4 is 57.1 Å². The first-order valence-electron chi connectivity index (χ1n) is 13.9. The number of aromatic hydroxyl groups is 1. The number of primary amides is 1. The lowest BCUT2D eigenvalue weighted by Crippen LogP contribution is -2.58. The number of phenolic OH excluding ortho intramolecular Hbond substituents is 1. The van der Waals surface area contributed by atoms with Gasteiger partial charge in [-0.1, -0.05) is 36.4 Å². The number of rotatable bonds is 4. The summed E-state index contributed by atoms with van der Waals surface area (Å²) in [5.41, 5.74) is 2.85. The molecule has 3 amide bonds. The molecular formula is C32H30N4O8. The highest BCUT2D eigenvalue weighted by Crippen LogP contribution is 2.54. The van der Waals surface area contributed by atoms with Gasteiger partial charge in [-0.15, -0.1) is 0 Å². The molecule has 0 aliphatic heterocycles. The Labute approximate surface area is 251 Å². The highest BCUT2D eigenvalue weighted by Gasteiger charge is 2.60. The molecule has 12 heteroatoms. The molecule has 3 aromatic rings. The zero-order valence-corrected chi connectivity index (χ0v) is 23.8. The van der Waals surface area contributed by atoms with Crippen LogP contribution in [-0.2, 0) is 20.8 Å². The van der Waals surface area contributed by atoms with Gasteiger partial charge in [-0.25, -0.2) is 4.79 Å². The van der Waals surface area contributed by atoms with E-state index in [4.69, 9.17) is 5.73 Å². The number of anilines is 3. The molecule has 0 radical (unpaired) electrons. The van der Waals surface area contributed by atoms with Crippen LogP contribution in [-0.4, -0.2) is 63.6 Å². The number of Topliss-reactive ketones (excluding diaryl/α,β-unsaturated/α-hetero) is 2. The van der Waals surface area contributed by atoms with Crippen LogP contribution in [0.5, 0.6) is 5.75 Å². The predicted molar refractivity (Wildman–Crippen MR) is 162 cm³/mol. The Bertz CT molecular complexity index is 1870. The Morgan fingerprint density at radius 2 is 1.66 bits per heavy atom. The molecule has 3 aliphatic carbocycles. The summed E-state index contributed by atoms with van der Waals surface area (Å²) < 4.78 is 0. The monoisotopic (exact) mass is 598 g/mol. The number of urea groups is 1. The average molecular weight is 599 g/mol. The molecule has 3 atom stereocenters. The molecule has 0 heterocycles. The number of amides is 3. The van der Waals surface area contributed by atoms with E-state index in [1.807, 2.05) is 30.3 Å². The van der Waals surface area contributed by atoms with Crippen molar-refractivity contribution in [2.24, 2.45) is 17.6 Å². The van der Waals surface area contributed by atoms with E-state index in [1.54, 1.807) is 37.2 Å². The zero-order chi connectivity index (χ0) is 31.7. The molecule has 1 fully saturated rings. The second-order valence-corrected chi connectivity index (χ2v) is 11.6. The zero-order valence-electron chi connectivity index (χ0n) is 23.8. The lowest BCUT2D eigenvalue weighted by Gasteiger charge is -2.46.